The lowest BCUT2D eigenvalue weighted by atomic mass is 10.1. The fraction of sp³-hybridized carbons (Fsp3) is 0.412. The maximum Gasteiger partial charge on any atom is 0.433 e. The van der Waals surface area contributed by atoms with Gasteiger partial charge in [0.2, 0.25) is 0 Å². The zero-order valence-corrected chi connectivity index (χ0v) is 14.0. The molecular formula is C17H16F3N5O. The van der Waals surface area contributed by atoms with Crippen LogP contribution >= 0.6 is 0 Å². The van der Waals surface area contributed by atoms with Gasteiger partial charge in [0.25, 0.3) is 5.91 Å². The molecule has 0 unspecified atom stereocenters. The van der Waals surface area contributed by atoms with E-state index in [4.69, 9.17) is 0 Å². The minimum atomic E-state index is -4.59. The summed E-state index contributed by atoms with van der Waals surface area (Å²) in [4.78, 5) is 28.6. The van der Waals surface area contributed by atoms with E-state index in [0.29, 0.717) is 12.4 Å². The Bertz CT molecular complexity index is 879. The number of hydrogen-bond acceptors (Lipinski definition) is 5. The Morgan fingerprint density at radius 2 is 1.96 bits per heavy atom. The summed E-state index contributed by atoms with van der Waals surface area (Å²) in [7, 11) is 0. The van der Waals surface area contributed by atoms with E-state index in [1.165, 1.54) is 11.0 Å². The third-order valence-corrected chi connectivity index (χ3v) is 4.61. The van der Waals surface area contributed by atoms with Crippen molar-refractivity contribution in [2.24, 2.45) is 0 Å². The number of carbonyl (C=O) groups excluding carboxylic acids is 1. The standard InChI is InChI=1S/C17H16F3N5O/c1-10-22-13-9-25(8-12(13)15(23-10)24-5-2-6-24)16(26)11-3-4-21-14(7-11)17(18,19)20/h3-4,7H,2,5-6,8-9H2,1H3. The highest BCUT2D eigenvalue weighted by Crippen LogP contribution is 2.33. The summed E-state index contributed by atoms with van der Waals surface area (Å²) >= 11 is 0. The Balaban J connectivity index is 1.61. The maximum absolute atomic E-state index is 12.8. The first-order valence-corrected chi connectivity index (χ1v) is 8.27. The lowest BCUT2D eigenvalue weighted by molar-refractivity contribution is -0.141. The number of nitrogens with zero attached hydrogens (tertiary/aromatic N) is 5. The molecule has 0 N–H and O–H groups in total. The Morgan fingerprint density at radius 3 is 2.62 bits per heavy atom. The van der Waals surface area contributed by atoms with Gasteiger partial charge in [0, 0.05) is 30.4 Å². The van der Waals surface area contributed by atoms with E-state index in [1.807, 2.05) is 0 Å². The van der Waals surface area contributed by atoms with Gasteiger partial charge in [0.1, 0.15) is 17.3 Å². The first kappa shape index (κ1) is 16.7. The van der Waals surface area contributed by atoms with Crippen molar-refractivity contribution < 1.29 is 18.0 Å². The third-order valence-electron chi connectivity index (χ3n) is 4.61. The third kappa shape index (κ3) is 2.87. The van der Waals surface area contributed by atoms with E-state index >= 15 is 0 Å². The van der Waals surface area contributed by atoms with Crippen LogP contribution < -0.4 is 4.90 Å². The van der Waals surface area contributed by atoms with E-state index in [2.05, 4.69) is 19.9 Å². The number of carbonyl (C=O) groups is 1. The molecular weight excluding hydrogens is 347 g/mol. The van der Waals surface area contributed by atoms with Crippen molar-refractivity contribution in [1.82, 2.24) is 19.9 Å². The number of aromatic nitrogens is 3. The van der Waals surface area contributed by atoms with Gasteiger partial charge >= 0.3 is 6.18 Å². The minimum Gasteiger partial charge on any atom is -0.356 e. The lowest BCUT2D eigenvalue weighted by Crippen LogP contribution is -2.38. The highest BCUT2D eigenvalue weighted by atomic mass is 19.4. The minimum absolute atomic E-state index is 0.0321. The van der Waals surface area contributed by atoms with E-state index in [1.54, 1.807) is 6.92 Å². The first-order chi connectivity index (χ1) is 12.3. The highest BCUT2D eigenvalue weighted by molar-refractivity contribution is 5.94. The van der Waals surface area contributed by atoms with Crippen molar-refractivity contribution in [2.45, 2.75) is 32.6 Å². The molecule has 1 amide bonds. The summed E-state index contributed by atoms with van der Waals surface area (Å²) in [6.45, 7) is 4.19. The lowest BCUT2D eigenvalue weighted by Gasteiger charge is -2.33. The molecule has 26 heavy (non-hydrogen) atoms. The molecule has 2 aromatic heterocycles. The molecule has 0 aliphatic carbocycles. The highest BCUT2D eigenvalue weighted by Gasteiger charge is 2.35. The van der Waals surface area contributed by atoms with E-state index in [-0.39, 0.29) is 12.1 Å². The van der Waals surface area contributed by atoms with Crippen LogP contribution in [0, 0.1) is 6.92 Å². The quantitative estimate of drug-likeness (QED) is 0.821. The second-order valence-electron chi connectivity index (χ2n) is 6.45. The molecule has 9 heteroatoms. The van der Waals surface area contributed by atoms with E-state index in [0.717, 1.165) is 48.8 Å². The summed E-state index contributed by atoms with van der Waals surface area (Å²) in [6.07, 6.45) is -2.48. The Labute approximate surface area is 147 Å². The molecule has 0 atom stereocenters. The van der Waals surface area contributed by atoms with Gasteiger partial charge in [0.15, 0.2) is 0 Å². The summed E-state index contributed by atoms with van der Waals surface area (Å²) in [5.41, 5.74) is 0.541. The number of halogens is 3. The number of anilines is 1. The molecule has 0 saturated carbocycles. The molecule has 4 heterocycles. The van der Waals surface area contributed by atoms with Crippen LogP contribution in [0.15, 0.2) is 18.3 Å². The number of alkyl halides is 3. The average molecular weight is 363 g/mol. The smallest absolute Gasteiger partial charge is 0.356 e. The van der Waals surface area contributed by atoms with Crippen LogP contribution in [0.4, 0.5) is 19.0 Å². The normalized spacial score (nSPS) is 16.5. The van der Waals surface area contributed by atoms with Gasteiger partial charge in [-0.15, -0.1) is 0 Å². The molecule has 2 aromatic rings. The van der Waals surface area contributed by atoms with Gasteiger partial charge in [0.05, 0.1) is 18.8 Å². The van der Waals surface area contributed by atoms with Crippen LogP contribution in [-0.4, -0.2) is 38.8 Å². The fourth-order valence-corrected chi connectivity index (χ4v) is 3.19. The van der Waals surface area contributed by atoms with Crippen molar-refractivity contribution in [2.75, 3.05) is 18.0 Å². The van der Waals surface area contributed by atoms with Gasteiger partial charge in [-0.2, -0.15) is 13.2 Å². The molecule has 6 nitrogen and oxygen atoms in total. The van der Waals surface area contributed by atoms with Gasteiger partial charge in [-0.25, -0.2) is 9.97 Å². The Hall–Kier alpha value is -2.71. The van der Waals surface area contributed by atoms with Gasteiger partial charge < -0.3 is 9.80 Å². The summed E-state index contributed by atoms with van der Waals surface area (Å²) in [5.74, 6) is 0.992. The Kier molecular flexibility index (Phi) is 3.82. The molecule has 2 aliphatic heterocycles. The van der Waals surface area contributed by atoms with Crippen molar-refractivity contribution in [3.05, 3.63) is 46.7 Å². The molecule has 0 spiro atoms. The molecule has 2 aliphatic rings. The topological polar surface area (TPSA) is 62.2 Å². The summed E-state index contributed by atoms with van der Waals surface area (Å²) in [5, 5.41) is 0. The SMILES string of the molecule is Cc1nc2c(c(N3CCC3)n1)CN(C(=O)c1ccnc(C(F)(F)F)c1)C2. The van der Waals surface area contributed by atoms with Gasteiger partial charge in [-0.3, -0.25) is 9.78 Å². The zero-order valence-electron chi connectivity index (χ0n) is 14.0. The molecule has 0 aromatic carbocycles. The number of pyridine rings is 1. The number of aryl methyl sites for hydroxylation is 1. The van der Waals surface area contributed by atoms with Crippen molar-refractivity contribution in [3.63, 3.8) is 0 Å². The van der Waals surface area contributed by atoms with E-state index in [9.17, 15) is 18.0 Å². The maximum atomic E-state index is 12.8. The number of fused-ring (bicyclic) bond motifs is 1. The van der Waals surface area contributed by atoms with Crippen LogP contribution in [0.5, 0.6) is 0 Å². The zero-order chi connectivity index (χ0) is 18.5. The second-order valence-corrected chi connectivity index (χ2v) is 6.45. The predicted molar refractivity (Wildman–Crippen MR) is 86.4 cm³/mol. The van der Waals surface area contributed by atoms with Crippen LogP contribution in [0.2, 0.25) is 0 Å². The molecule has 4 rings (SSSR count). The fourth-order valence-electron chi connectivity index (χ4n) is 3.19. The summed E-state index contributed by atoms with van der Waals surface area (Å²) < 4.78 is 38.5. The first-order valence-electron chi connectivity index (χ1n) is 8.27. The van der Waals surface area contributed by atoms with Crippen molar-refractivity contribution in [3.8, 4) is 0 Å². The van der Waals surface area contributed by atoms with Crippen molar-refractivity contribution in [1.29, 1.82) is 0 Å². The average Bonchev–Trinajstić information content (AvgIpc) is 2.95. The molecule has 1 saturated heterocycles. The van der Waals surface area contributed by atoms with Gasteiger partial charge in [-0.1, -0.05) is 0 Å². The molecule has 0 radical (unpaired) electrons. The van der Waals surface area contributed by atoms with E-state index < -0.39 is 17.8 Å². The molecule has 136 valence electrons. The monoisotopic (exact) mass is 363 g/mol. The van der Waals surface area contributed by atoms with Gasteiger partial charge in [-0.05, 0) is 25.5 Å². The van der Waals surface area contributed by atoms with Crippen LogP contribution in [0.1, 0.15) is 39.6 Å². The molecule has 0 bridgehead atoms. The number of rotatable bonds is 2. The Morgan fingerprint density at radius 1 is 1.19 bits per heavy atom. The van der Waals surface area contributed by atoms with Crippen LogP contribution in [-0.2, 0) is 19.3 Å². The predicted octanol–water partition coefficient (Wildman–Crippen LogP) is 2.56. The van der Waals surface area contributed by atoms with Crippen LogP contribution in [0.3, 0.4) is 0 Å². The largest absolute Gasteiger partial charge is 0.433 e. The molecule has 1 fully saturated rings. The van der Waals surface area contributed by atoms with Crippen molar-refractivity contribution >= 4 is 11.7 Å². The summed E-state index contributed by atoms with van der Waals surface area (Å²) in [6, 6.07) is 2.09. The number of hydrogen-bond donors (Lipinski definition) is 0. The van der Waals surface area contributed by atoms with Crippen LogP contribution in [0.25, 0.3) is 0 Å². The second kappa shape index (κ2) is 5.93. The number of amides is 1.